The molecule has 2 heterocycles. The molecule has 0 aliphatic rings. The van der Waals surface area contributed by atoms with Crippen molar-refractivity contribution in [3.8, 4) is 0 Å². The van der Waals surface area contributed by atoms with Gasteiger partial charge in [0.15, 0.2) is 0 Å². The molecular formula is C15H15Br2N3. The van der Waals surface area contributed by atoms with Crippen molar-refractivity contribution in [2.45, 2.75) is 26.9 Å². The minimum absolute atomic E-state index is 0.815. The van der Waals surface area contributed by atoms with Gasteiger partial charge in [0, 0.05) is 22.7 Å². The second-order valence-corrected chi connectivity index (χ2v) is 6.52. The molecule has 20 heavy (non-hydrogen) atoms. The van der Waals surface area contributed by atoms with Crippen LogP contribution >= 0.6 is 31.9 Å². The zero-order valence-corrected chi connectivity index (χ0v) is 14.6. The fourth-order valence-electron chi connectivity index (χ4n) is 2.48. The largest absolute Gasteiger partial charge is 0.341 e. The third-order valence-electron chi connectivity index (χ3n) is 3.51. The van der Waals surface area contributed by atoms with Gasteiger partial charge in [-0.15, -0.1) is 0 Å². The number of rotatable bonds is 3. The summed E-state index contributed by atoms with van der Waals surface area (Å²) >= 11 is 7.20. The lowest BCUT2D eigenvalue weighted by Gasteiger charge is -2.09. The average molecular weight is 397 g/mol. The molecule has 0 unspecified atom stereocenters. The van der Waals surface area contributed by atoms with Gasteiger partial charge >= 0.3 is 0 Å². The lowest BCUT2D eigenvalue weighted by atomic mass is 10.2. The molecule has 5 heteroatoms. The van der Waals surface area contributed by atoms with Crippen LogP contribution in [0.1, 0.15) is 18.3 Å². The Morgan fingerprint density at radius 1 is 1.20 bits per heavy atom. The van der Waals surface area contributed by atoms with Gasteiger partial charge in [0.2, 0.25) is 0 Å². The highest BCUT2D eigenvalue weighted by molar-refractivity contribution is 9.10. The lowest BCUT2D eigenvalue weighted by molar-refractivity contribution is 0.601. The SMILES string of the molecule is CCn1nc(C)c(Br)c1Cn1ccc2ccc(Br)cc21. The Hall–Kier alpha value is -1.07. The van der Waals surface area contributed by atoms with Crippen molar-refractivity contribution in [2.24, 2.45) is 0 Å². The molecule has 0 N–H and O–H groups in total. The van der Waals surface area contributed by atoms with Gasteiger partial charge in [0.25, 0.3) is 0 Å². The third kappa shape index (κ3) is 2.33. The Morgan fingerprint density at radius 3 is 2.75 bits per heavy atom. The number of hydrogen-bond donors (Lipinski definition) is 0. The Bertz CT molecular complexity index is 771. The second-order valence-electron chi connectivity index (χ2n) is 4.81. The number of benzene rings is 1. The number of fused-ring (bicyclic) bond motifs is 1. The van der Waals surface area contributed by atoms with Gasteiger partial charge in [-0.2, -0.15) is 5.10 Å². The highest BCUT2D eigenvalue weighted by Gasteiger charge is 2.13. The predicted molar refractivity (Wildman–Crippen MR) is 89.1 cm³/mol. The summed E-state index contributed by atoms with van der Waals surface area (Å²) in [5.74, 6) is 0. The van der Waals surface area contributed by atoms with E-state index in [0.29, 0.717) is 0 Å². The first-order valence-electron chi connectivity index (χ1n) is 6.56. The number of nitrogens with zero attached hydrogens (tertiary/aromatic N) is 3. The molecule has 0 saturated carbocycles. The minimum atomic E-state index is 0.815. The van der Waals surface area contributed by atoms with E-state index in [4.69, 9.17) is 0 Å². The first-order chi connectivity index (χ1) is 9.60. The molecule has 0 amide bonds. The molecule has 1 aromatic carbocycles. The summed E-state index contributed by atoms with van der Waals surface area (Å²) in [5.41, 5.74) is 3.48. The van der Waals surface area contributed by atoms with Crippen LogP contribution in [0.3, 0.4) is 0 Å². The van der Waals surface area contributed by atoms with E-state index in [9.17, 15) is 0 Å². The van der Waals surface area contributed by atoms with Gasteiger partial charge in [0.05, 0.1) is 22.4 Å². The van der Waals surface area contributed by atoms with Crippen molar-refractivity contribution >= 4 is 42.8 Å². The standard InChI is InChI=1S/C15H15Br2N3/c1-3-20-14(15(17)10(2)18-20)9-19-7-6-11-4-5-12(16)8-13(11)19/h4-8H,3,9H2,1-2H3. The molecule has 0 aliphatic heterocycles. The summed E-state index contributed by atoms with van der Waals surface area (Å²) in [6, 6.07) is 8.51. The first-order valence-corrected chi connectivity index (χ1v) is 8.15. The monoisotopic (exact) mass is 395 g/mol. The Labute approximate surface area is 134 Å². The maximum Gasteiger partial charge on any atom is 0.0739 e. The third-order valence-corrected chi connectivity index (χ3v) is 5.03. The molecule has 0 spiro atoms. The van der Waals surface area contributed by atoms with Crippen molar-refractivity contribution in [3.05, 3.63) is 50.8 Å². The van der Waals surface area contributed by atoms with E-state index in [2.05, 4.69) is 83.6 Å². The summed E-state index contributed by atoms with van der Waals surface area (Å²) < 4.78 is 6.52. The number of hydrogen-bond acceptors (Lipinski definition) is 1. The molecular weight excluding hydrogens is 382 g/mol. The van der Waals surface area contributed by atoms with Crippen LogP contribution in [0.4, 0.5) is 0 Å². The molecule has 0 radical (unpaired) electrons. The molecule has 104 valence electrons. The van der Waals surface area contributed by atoms with Crippen LogP contribution in [-0.4, -0.2) is 14.3 Å². The van der Waals surface area contributed by atoms with Crippen molar-refractivity contribution in [1.29, 1.82) is 0 Å². The van der Waals surface area contributed by atoms with Gasteiger partial charge in [0.1, 0.15) is 0 Å². The van der Waals surface area contributed by atoms with Gasteiger partial charge in [-0.1, -0.05) is 22.0 Å². The van der Waals surface area contributed by atoms with Gasteiger partial charge in [-0.05, 0) is 53.4 Å². The van der Waals surface area contributed by atoms with E-state index in [0.717, 1.165) is 27.7 Å². The second kappa shape index (κ2) is 5.37. The van der Waals surface area contributed by atoms with Crippen LogP contribution in [0.25, 0.3) is 10.9 Å². The van der Waals surface area contributed by atoms with Crippen LogP contribution in [0.5, 0.6) is 0 Å². The predicted octanol–water partition coefficient (Wildman–Crippen LogP) is 4.74. The molecule has 0 fully saturated rings. The Morgan fingerprint density at radius 2 is 2.00 bits per heavy atom. The maximum atomic E-state index is 4.55. The van der Waals surface area contributed by atoms with E-state index >= 15 is 0 Å². The van der Waals surface area contributed by atoms with Crippen LogP contribution in [0.2, 0.25) is 0 Å². The molecule has 0 aliphatic carbocycles. The smallest absolute Gasteiger partial charge is 0.0739 e. The summed E-state index contributed by atoms with van der Waals surface area (Å²) in [7, 11) is 0. The lowest BCUT2D eigenvalue weighted by Crippen LogP contribution is -2.07. The van der Waals surface area contributed by atoms with Crippen LogP contribution < -0.4 is 0 Å². The molecule has 3 aromatic rings. The molecule has 0 atom stereocenters. The average Bonchev–Trinajstić information content (AvgIpc) is 2.95. The van der Waals surface area contributed by atoms with Crippen molar-refractivity contribution in [3.63, 3.8) is 0 Å². The van der Waals surface area contributed by atoms with E-state index in [-0.39, 0.29) is 0 Å². The van der Waals surface area contributed by atoms with E-state index in [1.165, 1.54) is 16.6 Å². The summed E-state index contributed by atoms with van der Waals surface area (Å²) in [6.07, 6.45) is 2.13. The molecule has 3 nitrogen and oxygen atoms in total. The van der Waals surface area contributed by atoms with Crippen molar-refractivity contribution in [1.82, 2.24) is 14.3 Å². The molecule has 2 aromatic heterocycles. The summed E-state index contributed by atoms with van der Waals surface area (Å²) in [4.78, 5) is 0. The minimum Gasteiger partial charge on any atom is -0.341 e. The summed E-state index contributed by atoms with van der Waals surface area (Å²) in [6.45, 7) is 5.84. The van der Waals surface area contributed by atoms with E-state index in [1.807, 2.05) is 6.92 Å². The number of aromatic nitrogens is 3. The topological polar surface area (TPSA) is 22.8 Å². The van der Waals surface area contributed by atoms with Gasteiger partial charge in [-0.25, -0.2) is 0 Å². The zero-order valence-electron chi connectivity index (χ0n) is 11.4. The summed E-state index contributed by atoms with van der Waals surface area (Å²) in [5, 5.41) is 5.81. The first kappa shape index (κ1) is 13.9. The van der Waals surface area contributed by atoms with Crippen molar-refractivity contribution in [2.75, 3.05) is 0 Å². The van der Waals surface area contributed by atoms with Gasteiger partial charge in [-0.3, -0.25) is 4.68 Å². The molecule has 3 rings (SSSR count). The molecule has 0 bridgehead atoms. The maximum absolute atomic E-state index is 4.55. The normalized spacial score (nSPS) is 11.4. The number of aryl methyl sites for hydroxylation is 2. The van der Waals surface area contributed by atoms with E-state index < -0.39 is 0 Å². The van der Waals surface area contributed by atoms with Gasteiger partial charge < -0.3 is 4.57 Å². The fourth-order valence-corrected chi connectivity index (χ4v) is 3.23. The Balaban J connectivity index is 2.07. The Kier molecular flexibility index (Phi) is 3.73. The highest BCUT2D eigenvalue weighted by Crippen LogP contribution is 2.25. The zero-order chi connectivity index (χ0) is 14.3. The van der Waals surface area contributed by atoms with E-state index in [1.54, 1.807) is 0 Å². The van der Waals surface area contributed by atoms with Crippen LogP contribution in [0, 0.1) is 6.92 Å². The van der Waals surface area contributed by atoms with Crippen LogP contribution in [0.15, 0.2) is 39.4 Å². The van der Waals surface area contributed by atoms with Crippen molar-refractivity contribution < 1.29 is 0 Å². The quantitative estimate of drug-likeness (QED) is 0.626. The fraction of sp³-hybridized carbons (Fsp3) is 0.267. The van der Waals surface area contributed by atoms with Crippen LogP contribution in [-0.2, 0) is 13.1 Å². The highest BCUT2D eigenvalue weighted by atomic mass is 79.9. The molecule has 0 saturated heterocycles. The number of halogens is 2.